The number of rotatable bonds is 9. The van der Waals surface area contributed by atoms with Crippen molar-refractivity contribution >= 4 is 29.1 Å². The lowest BCUT2D eigenvalue weighted by atomic mass is 9.73. The van der Waals surface area contributed by atoms with Gasteiger partial charge in [0.05, 0.1) is 12.6 Å². The van der Waals surface area contributed by atoms with Gasteiger partial charge in [-0.1, -0.05) is 58.9 Å². The van der Waals surface area contributed by atoms with Crippen LogP contribution >= 0.6 is 0 Å². The standard InChI is InChI=1S/C47H59N5O3/c1-7-48-26-37(53)52-34-17-15-30(25-34)43(52)45(55)50-32-13-9-11-28(23-32)39-36-19-21-46(2,3)40(36)38(35-18-20-47(4,5)41(35)39)27-10-8-12-31(22-27)49-44(54)42-29-14-16-33(24-29)51(42)6/h8-13,22-23,29-30,33-34,42-43,48H,7,14-21,24-26H2,1-6H3,(H,49,54)(H,50,55). The molecular formula is C47H59N5O3. The first kappa shape index (κ1) is 36.6. The highest BCUT2D eigenvalue weighted by Gasteiger charge is 2.51. The van der Waals surface area contributed by atoms with E-state index in [0.717, 1.165) is 81.3 Å². The molecular weight excluding hydrogens is 683 g/mol. The van der Waals surface area contributed by atoms with Gasteiger partial charge >= 0.3 is 0 Å². The van der Waals surface area contributed by atoms with Gasteiger partial charge in [0, 0.05) is 23.5 Å². The number of hydrogen-bond acceptors (Lipinski definition) is 5. The predicted octanol–water partition coefficient (Wildman–Crippen LogP) is 7.82. The normalized spacial score (nSPS) is 28.1. The topological polar surface area (TPSA) is 93.8 Å². The van der Waals surface area contributed by atoms with Crippen molar-refractivity contribution in [2.45, 2.75) is 134 Å². The Balaban J connectivity index is 1.07. The average molecular weight is 742 g/mol. The molecule has 2 saturated carbocycles. The predicted molar refractivity (Wildman–Crippen MR) is 220 cm³/mol. The average Bonchev–Trinajstić information content (AvgIpc) is 4.02. The van der Waals surface area contributed by atoms with Gasteiger partial charge in [-0.3, -0.25) is 19.3 Å². The number of nitrogens with one attached hydrogen (secondary N) is 3. The van der Waals surface area contributed by atoms with Crippen molar-refractivity contribution < 1.29 is 14.4 Å². The Hall–Kier alpha value is -4.01. The summed E-state index contributed by atoms with van der Waals surface area (Å²) in [6.07, 6.45) is 10.5. The molecule has 2 saturated heterocycles. The van der Waals surface area contributed by atoms with E-state index >= 15 is 0 Å². The molecule has 6 aliphatic rings. The van der Waals surface area contributed by atoms with Gasteiger partial charge in [0.15, 0.2) is 0 Å². The molecule has 4 fully saturated rings. The van der Waals surface area contributed by atoms with Gasteiger partial charge in [0.2, 0.25) is 17.7 Å². The zero-order valence-electron chi connectivity index (χ0n) is 33.7. The van der Waals surface area contributed by atoms with E-state index in [-0.39, 0.29) is 53.1 Å². The highest BCUT2D eigenvalue weighted by molar-refractivity contribution is 6.00. The minimum atomic E-state index is -0.421. The van der Waals surface area contributed by atoms with E-state index in [4.69, 9.17) is 0 Å². The molecule has 3 aromatic rings. The maximum atomic E-state index is 14.1. The number of amides is 3. The smallest absolute Gasteiger partial charge is 0.247 e. The number of fused-ring (bicyclic) bond motifs is 6. The maximum absolute atomic E-state index is 14.1. The summed E-state index contributed by atoms with van der Waals surface area (Å²) < 4.78 is 0. The van der Waals surface area contributed by atoms with Gasteiger partial charge in [0.1, 0.15) is 6.04 Å². The number of carbonyl (C=O) groups excluding carboxylic acids is 3. The van der Waals surface area contributed by atoms with Crippen LogP contribution in [0, 0.1) is 11.8 Å². The molecule has 290 valence electrons. The summed E-state index contributed by atoms with van der Waals surface area (Å²) in [6, 6.07) is 17.3. The summed E-state index contributed by atoms with van der Waals surface area (Å²) in [5, 5.41) is 9.81. The summed E-state index contributed by atoms with van der Waals surface area (Å²) in [5.74, 6) is 0.754. The van der Waals surface area contributed by atoms with Gasteiger partial charge in [-0.2, -0.15) is 0 Å². The third-order valence-corrected chi connectivity index (χ3v) is 14.7. The van der Waals surface area contributed by atoms with Gasteiger partial charge in [-0.15, -0.1) is 0 Å². The summed E-state index contributed by atoms with van der Waals surface area (Å²) >= 11 is 0. The molecule has 4 bridgehead atoms. The highest BCUT2D eigenvalue weighted by atomic mass is 16.2. The Kier molecular flexibility index (Phi) is 9.04. The lowest BCUT2D eigenvalue weighted by Gasteiger charge is -2.34. The Bertz CT molecular complexity index is 2070. The van der Waals surface area contributed by atoms with Gasteiger partial charge < -0.3 is 20.9 Å². The van der Waals surface area contributed by atoms with Crippen LogP contribution in [0.3, 0.4) is 0 Å². The number of carbonyl (C=O) groups is 3. The Morgan fingerprint density at radius 2 is 1.22 bits per heavy atom. The summed E-state index contributed by atoms with van der Waals surface area (Å²) in [4.78, 5) is 45.3. The molecule has 4 aliphatic carbocycles. The van der Waals surface area contributed by atoms with Crippen molar-refractivity contribution in [1.82, 2.24) is 15.1 Å². The minimum absolute atomic E-state index is 0.0253. The zero-order chi connectivity index (χ0) is 38.4. The van der Waals surface area contributed by atoms with Crippen LogP contribution in [0.4, 0.5) is 11.4 Å². The SMILES string of the molecule is CCNCC(=O)N1C2CCC(C2)C1C(=O)Nc1cccc(-c2c3c(c(-c4cccc(NC(=O)C5C6CCC(C6)N5C)c4)c4c2C(C)(C)CC4)C(C)(C)CC3)c1. The summed E-state index contributed by atoms with van der Waals surface area (Å²) in [6.45, 7) is 12.6. The van der Waals surface area contributed by atoms with Gasteiger partial charge in [-0.25, -0.2) is 0 Å². The van der Waals surface area contributed by atoms with E-state index in [1.165, 1.54) is 45.4 Å². The number of nitrogens with zero attached hydrogens (tertiary/aromatic N) is 2. The Labute approximate surface area is 327 Å². The molecule has 8 heteroatoms. The van der Waals surface area contributed by atoms with Crippen molar-refractivity contribution in [2.24, 2.45) is 11.8 Å². The molecule has 0 spiro atoms. The lowest BCUT2D eigenvalue weighted by molar-refractivity contribution is -0.140. The molecule has 3 N–H and O–H groups in total. The Morgan fingerprint density at radius 1 is 0.709 bits per heavy atom. The molecule has 6 atom stereocenters. The number of anilines is 2. The molecule has 3 amide bonds. The van der Waals surface area contributed by atoms with E-state index in [1.54, 1.807) is 0 Å². The van der Waals surface area contributed by atoms with Crippen LogP contribution in [0.5, 0.6) is 0 Å². The van der Waals surface area contributed by atoms with Crippen LogP contribution < -0.4 is 16.0 Å². The fourth-order valence-corrected chi connectivity index (χ4v) is 12.2. The highest BCUT2D eigenvalue weighted by Crippen LogP contribution is 2.57. The lowest BCUT2D eigenvalue weighted by Crippen LogP contribution is -2.53. The number of likely N-dealkylation sites (tertiary alicyclic amines) is 2. The molecule has 3 aromatic carbocycles. The van der Waals surface area contributed by atoms with Crippen molar-refractivity contribution in [2.75, 3.05) is 30.8 Å². The number of piperidine rings is 2. The molecule has 8 nitrogen and oxygen atoms in total. The number of likely N-dealkylation sites (N-methyl/N-ethyl adjacent to an activating group) is 2. The summed E-state index contributed by atoms with van der Waals surface area (Å²) in [5.41, 5.74) is 12.3. The van der Waals surface area contributed by atoms with Crippen LogP contribution in [-0.4, -0.2) is 71.8 Å². The van der Waals surface area contributed by atoms with Crippen LogP contribution in [0.1, 0.15) is 108 Å². The van der Waals surface area contributed by atoms with Crippen molar-refractivity contribution in [3.05, 3.63) is 70.8 Å². The van der Waals surface area contributed by atoms with Crippen LogP contribution in [-0.2, 0) is 38.1 Å². The molecule has 0 radical (unpaired) electrons. The minimum Gasteiger partial charge on any atom is -0.326 e. The molecule has 9 rings (SSSR count). The summed E-state index contributed by atoms with van der Waals surface area (Å²) in [7, 11) is 2.12. The quantitative estimate of drug-likeness (QED) is 0.208. The van der Waals surface area contributed by atoms with Crippen LogP contribution in [0.2, 0.25) is 0 Å². The van der Waals surface area contributed by atoms with E-state index in [2.05, 4.69) is 92.0 Å². The fraction of sp³-hybridized carbons (Fsp3) is 0.553. The van der Waals surface area contributed by atoms with E-state index in [1.807, 2.05) is 24.0 Å². The first-order valence-corrected chi connectivity index (χ1v) is 21.2. The molecule has 0 aromatic heterocycles. The first-order valence-electron chi connectivity index (χ1n) is 21.2. The molecule has 2 aliphatic heterocycles. The largest absolute Gasteiger partial charge is 0.326 e. The third kappa shape index (κ3) is 6.05. The van der Waals surface area contributed by atoms with E-state index < -0.39 is 6.04 Å². The second-order valence-corrected chi connectivity index (χ2v) is 19.0. The molecule has 2 heterocycles. The second-order valence-electron chi connectivity index (χ2n) is 19.0. The molecule has 6 unspecified atom stereocenters. The fourth-order valence-electron chi connectivity index (χ4n) is 12.2. The van der Waals surface area contributed by atoms with E-state index in [9.17, 15) is 14.4 Å². The zero-order valence-corrected chi connectivity index (χ0v) is 33.7. The Morgan fingerprint density at radius 3 is 1.75 bits per heavy atom. The van der Waals surface area contributed by atoms with Crippen LogP contribution in [0.25, 0.3) is 22.3 Å². The van der Waals surface area contributed by atoms with Gasteiger partial charge in [-0.05, 0) is 169 Å². The van der Waals surface area contributed by atoms with E-state index in [0.29, 0.717) is 12.0 Å². The number of hydrogen-bond donors (Lipinski definition) is 3. The third-order valence-electron chi connectivity index (χ3n) is 14.7. The van der Waals surface area contributed by atoms with Crippen molar-refractivity contribution in [3.63, 3.8) is 0 Å². The molecule has 55 heavy (non-hydrogen) atoms. The van der Waals surface area contributed by atoms with Crippen molar-refractivity contribution in [1.29, 1.82) is 0 Å². The number of benzene rings is 3. The maximum Gasteiger partial charge on any atom is 0.247 e. The van der Waals surface area contributed by atoms with Crippen LogP contribution in [0.15, 0.2) is 48.5 Å². The first-order chi connectivity index (χ1) is 26.4. The van der Waals surface area contributed by atoms with Gasteiger partial charge in [0.25, 0.3) is 0 Å². The second kappa shape index (κ2) is 13.6. The monoisotopic (exact) mass is 741 g/mol. The van der Waals surface area contributed by atoms with Crippen molar-refractivity contribution in [3.8, 4) is 22.3 Å².